The monoisotopic (exact) mass is 444 g/mol. The summed E-state index contributed by atoms with van der Waals surface area (Å²) in [6.07, 6.45) is 0.837. The van der Waals surface area contributed by atoms with Gasteiger partial charge >= 0.3 is 0 Å². The molecule has 33 heavy (non-hydrogen) atoms. The number of rotatable bonds is 5. The number of hydrogen-bond acceptors (Lipinski definition) is 5. The summed E-state index contributed by atoms with van der Waals surface area (Å²) in [4.78, 5) is 17.8. The van der Waals surface area contributed by atoms with Crippen molar-refractivity contribution in [2.24, 2.45) is 0 Å². The van der Waals surface area contributed by atoms with E-state index in [-0.39, 0.29) is 5.91 Å². The van der Waals surface area contributed by atoms with E-state index in [0.717, 1.165) is 48.8 Å². The fourth-order valence-corrected chi connectivity index (χ4v) is 5.18. The Labute approximate surface area is 195 Å². The van der Waals surface area contributed by atoms with Crippen molar-refractivity contribution >= 4 is 11.6 Å². The van der Waals surface area contributed by atoms with Crippen molar-refractivity contribution in [3.63, 3.8) is 0 Å². The van der Waals surface area contributed by atoms with E-state index in [9.17, 15) is 4.79 Å². The van der Waals surface area contributed by atoms with Gasteiger partial charge in [0.25, 0.3) is 0 Å². The summed E-state index contributed by atoms with van der Waals surface area (Å²) in [7, 11) is 0. The molecule has 6 heteroatoms. The number of hydrogen-bond donors (Lipinski definition) is 1. The summed E-state index contributed by atoms with van der Waals surface area (Å²) in [5.41, 5.74) is 5.01. The van der Waals surface area contributed by atoms with Gasteiger partial charge in [0.05, 0.1) is 17.7 Å². The van der Waals surface area contributed by atoms with Crippen LogP contribution in [0.2, 0.25) is 0 Å². The van der Waals surface area contributed by atoms with Gasteiger partial charge in [0.15, 0.2) is 0 Å². The van der Waals surface area contributed by atoms with Crippen LogP contribution in [0.25, 0.3) is 0 Å². The number of aryl methyl sites for hydroxylation is 1. The first-order valence-corrected chi connectivity index (χ1v) is 11.8. The van der Waals surface area contributed by atoms with Gasteiger partial charge in [-0.15, -0.1) is 0 Å². The second-order valence-corrected chi connectivity index (χ2v) is 9.75. The van der Waals surface area contributed by atoms with Gasteiger partial charge in [-0.1, -0.05) is 47.6 Å². The second-order valence-electron chi connectivity index (χ2n) is 9.75. The van der Waals surface area contributed by atoms with Gasteiger partial charge in [-0.05, 0) is 49.9 Å². The summed E-state index contributed by atoms with van der Waals surface area (Å²) in [5, 5.41) is 7.58. The van der Waals surface area contributed by atoms with Gasteiger partial charge in [0.2, 0.25) is 5.91 Å². The van der Waals surface area contributed by atoms with E-state index in [1.54, 1.807) is 0 Å². The molecule has 0 bridgehead atoms. The maximum atomic E-state index is 13.6. The molecule has 1 aromatic heterocycles. The van der Waals surface area contributed by atoms with Crippen molar-refractivity contribution in [2.75, 3.05) is 37.6 Å². The highest BCUT2D eigenvalue weighted by atomic mass is 16.5. The number of benzene rings is 2. The first kappa shape index (κ1) is 21.9. The maximum Gasteiger partial charge on any atom is 0.241 e. The van der Waals surface area contributed by atoms with Gasteiger partial charge in [-0.3, -0.25) is 9.69 Å². The van der Waals surface area contributed by atoms with Crippen LogP contribution in [0.1, 0.15) is 42.0 Å². The molecule has 0 saturated carbocycles. The van der Waals surface area contributed by atoms with Gasteiger partial charge in [-0.25, -0.2) is 0 Å². The van der Waals surface area contributed by atoms with Crippen LogP contribution < -0.4 is 10.2 Å². The molecular formula is C27H32N4O2. The molecular weight excluding hydrogens is 412 g/mol. The molecule has 0 radical (unpaired) electrons. The lowest BCUT2D eigenvalue weighted by Crippen LogP contribution is -2.52. The van der Waals surface area contributed by atoms with E-state index in [1.165, 1.54) is 11.1 Å². The lowest BCUT2D eigenvalue weighted by atomic mass is 9.81. The summed E-state index contributed by atoms with van der Waals surface area (Å²) in [6, 6.07) is 19.4. The van der Waals surface area contributed by atoms with Crippen molar-refractivity contribution in [3.05, 3.63) is 82.7 Å². The lowest BCUT2D eigenvalue weighted by Gasteiger charge is -2.32. The normalized spacial score (nSPS) is 23.0. The van der Waals surface area contributed by atoms with Crippen LogP contribution >= 0.6 is 0 Å². The number of amides is 1. The predicted molar refractivity (Wildman–Crippen MR) is 130 cm³/mol. The Kier molecular flexibility index (Phi) is 5.81. The van der Waals surface area contributed by atoms with E-state index < -0.39 is 5.41 Å². The topological polar surface area (TPSA) is 61.6 Å². The third kappa shape index (κ3) is 4.33. The van der Waals surface area contributed by atoms with Crippen LogP contribution in [0.3, 0.4) is 0 Å². The van der Waals surface area contributed by atoms with Gasteiger partial charge in [0, 0.05) is 44.0 Å². The van der Waals surface area contributed by atoms with E-state index in [2.05, 4.69) is 71.7 Å². The summed E-state index contributed by atoms with van der Waals surface area (Å²) in [5.74, 6) is 0.949. The SMILES string of the molecule is Cc1cc(C2(C)CN(C(=O)CN3CCNC(C)C3)c3cc(Cc4ccccc4)ccc32)on1. The zero-order valence-electron chi connectivity index (χ0n) is 19.7. The average Bonchev–Trinajstić information content (AvgIpc) is 3.37. The molecule has 1 N–H and O–H groups in total. The number of fused-ring (bicyclic) bond motifs is 1. The second kappa shape index (κ2) is 8.76. The van der Waals surface area contributed by atoms with Crippen LogP contribution in [0.5, 0.6) is 0 Å². The highest BCUT2D eigenvalue weighted by Gasteiger charge is 2.45. The quantitative estimate of drug-likeness (QED) is 0.653. The molecule has 1 amide bonds. The predicted octanol–water partition coefficient (Wildman–Crippen LogP) is 3.52. The third-order valence-corrected chi connectivity index (χ3v) is 6.96. The highest BCUT2D eigenvalue weighted by molar-refractivity contribution is 5.98. The Morgan fingerprint density at radius 1 is 1.18 bits per heavy atom. The first-order valence-electron chi connectivity index (χ1n) is 11.8. The van der Waals surface area contributed by atoms with E-state index >= 15 is 0 Å². The highest BCUT2D eigenvalue weighted by Crippen LogP contribution is 2.45. The van der Waals surface area contributed by atoms with Crippen LogP contribution in [-0.2, 0) is 16.6 Å². The largest absolute Gasteiger partial charge is 0.360 e. The standard InChI is InChI=1S/C27H32N4O2/c1-19-13-25(33-29-19)27(3)18-31(26(32)17-30-12-11-28-20(2)16-30)24-15-22(9-10-23(24)27)14-21-7-5-4-6-8-21/h4-10,13,15,20,28H,11-12,14,16-18H2,1-3H3. The minimum Gasteiger partial charge on any atom is -0.360 e. The molecule has 3 aromatic rings. The molecule has 2 unspecified atom stereocenters. The molecule has 2 aliphatic heterocycles. The molecule has 1 saturated heterocycles. The Hall–Kier alpha value is -2.96. The molecule has 2 aromatic carbocycles. The Balaban J connectivity index is 1.48. The zero-order valence-corrected chi connectivity index (χ0v) is 19.7. The van der Waals surface area contributed by atoms with E-state index in [1.807, 2.05) is 24.0 Å². The third-order valence-electron chi connectivity index (χ3n) is 6.96. The fraction of sp³-hybridized carbons (Fsp3) is 0.407. The minimum atomic E-state index is -0.422. The lowest BCUT2D eigenvalue weighted by molar-refractivity contribution is -0.120. The number of piperazine rings is 1. The molecule has 3 heterocycles. The van der Waals surface area contributed by atoms with Gasteiger partial charge in [0.1, 0.15) is 5.76 Å². The molecule has 0 aliphatic carbocycles. The number of anilines is 1. The number of carbonyl (C=O) groups is 1. The van der Waals surface area contributed by atoms with Crippen molar-refractivity contribution in [1.29, 1.82) is 0 Å². The number of nitrogens with zero attached hydrogens (tertiary/aromatic N) is 3. The summed E-state index contributed by atoms with van der Waals surface area (Å²) in [6.45, 7) is 9.95. The van der Waals surface area contributed by atoms with Crippen molar-refractivity contribution < 1.29 is 9.32 Å². The minimum absolute atomic E-state index is 0.141. The van der Waals surface area contributed by atoms with Crippen molar-refractivity contribution in [3.8, 4) is 0 Å². The number of carbonyl (C=O) groups excluding carboxylic acids is 1. The fourth-order valence-electron chi connectivity index (χ4n) is 5.18. The van der Waals surface area contributed by atoms with Crippen molar-refractivity contribution in [2.45, 2.75) is 38.6 Å². The summed E-state index contributed by atoms with van der Waals surface area (Å²) < 4.78 is 5.72. The van der Waals surface area contributed by atoms with Crippen LogP contribution in [0, 0.1) is 6.92 Å². The summed E-state index contributed by atoms with van der Waals surface area (Å²) >= 11 is 0. The molecule has 5 rings (SSSR count). The molecule has 0 spiro atoms. The van der Waals surface area contributed by atoms with E-state index in [0.29, 0.717) is 19.1 Å². The van der Waals surface area contributed by atoms with Crippen molar-refractivity contribution in [1.82, 2.24) is 15.4 Å². The van der Waals surface area contributed by atoms with Gasteiger partial charge in [-0.2, -0.15) is 0 Å². The maximum absolute atomic E-state index is 13.6. The smallest absolute Gasteiger partial charge is 0.241 e. The molecule has 2 aliphatic rings. The first-order chi connectivity index (χ1) is 15.9. The number of nitrogens with one attached hydrogen (secondary N) is 1. The Morgan fingerprint density at radius 2 is 2.00 bits per heavy atom. The zero-order chi connectivity index (χ0) is 23.0. The molecule has 1 fully saturated rings. The number of aromatic nitrogens is 1. The Bertz CT molecular complexity index is 1140. The Morgan fingerprint density at radius 3 is 2.73 bits per heavy atom. The van der Waals surface area contributed by atoms with E-state index in [4.69, 9.17) is 4.52 Å². The molecule has 6 nitrogen and oxygen atoms in total. The molecule has 2 atom stereocenters. The van der Waals surface area contributed by atoms with Crippen LogP contribution in [0.4, 0.5) is 5.69 Å². The van der Waals surface area contributed by atoms with Crippen LogP contribution in [0.15, 0.2) is 59.1 Å². The molecule has 172 valence electrons. The van der Waals surface area contributed by atoms with Gasteiger partial charge < -0.3 is 14.7 Å². The average molecular weight is 445 g/mol. The van der Waals surface area contributed by atoms with Crippen LogP contribution in [-0.4, -0.2) is 54.7 Å².